The minimum absolute atomic E-state index is 0.0101. The molecule has 0 unspecified atom stereocenters. The number of halogens is 6. The largest absolute Gasteiger partial charge is 0.487 e. The molecule has 1 nitrogen and oxygen atoms in total. The van der Waals surface area contributed by atoms with Gasteiger partial charge in [-0.2, -0.15) is 0 Å². The zero-order valence-corrected chi connectivity index (χ0v) is 20.7. The third kappa shape index (κ3) is 6.49. The average Bonchev–Trinajstić information content (AvgIpc) is 2.87. The molecule has 0 saturated heterocycles. The summed E-state index contributed by atoms with van der Waals surface area (Å²) < 4.78 is 89.6. The van der Waals surface area contributed by atoms with Crippen LogP contribution in [-0.2, 0) is 6.42 Å². The van der Waals surface area contributed by atoms with E-state index in [-0.39, 0.29) is 35.3 Å². The molecule has 0 aliphatic heterocycles. The average molecular weight is 521 g/mol. The molecule has 0 atom stereocenters. The second kappa shape index (κ2) is 12.1. The van der Waals surface area contributed by atoms with Crippen molar-refractivity contribution in [3.05, 3.63) is 88.5 Å². The SMILES string of the molecule is CCCCCc1cc(F)c(OCC2CCC(c3ccc(-c4cc(F)c(F)c(F)c4)c(F)c3)CC2)c(F)c1. The normalized spacial score (nSPS) is 17.7. The zero-order chi connectivity index (χ0) is 26.5. The number of aryl methyl sites for hydroxylation is 1. The van der Waals surface area contributed by atoms with Crippen LogP contribution in [-0.4, -0.2) is 6.61 Å². The molecule has 0 aromatic heterocycles. The predicted molar refractivity (Wildman–Crippen MR) is 131 cm³/mol. The summed E-state index contributed by atoms with van der Waals surface area (Å²) in [4.78, 5) is 0. The summed E-state index contributed by atoms with van der Waals surface area (Å²) in [6, 6.07) is 8.74. The molecule has 0 heterocycles. The molecule has 3 aromatic carbocycles. The summed E-state index contributed by atoms with van der Waals surface area (Å²) in [6.45, 7) is 2.27. The Morgan fingerprint density at radius 2 is 1.38 bits per heavy atom. The van der Waals surface area contributed by atoms with Crippen LogP contribution < -0.4 is 4.74 Å². The summed E-state index contributed by atoms with van der Waals surface area (Å²) in [5, 5.41) is 0. The van der Waals surface area contributed by atoms with E-state index < -0.39 is 34.9 Å². The van der Waals surface area contributed by atoms with E-state index in [0.717, 1.165) is 62.6 Å². The van der Waals surface area contributed by atoms with E-state index in [2.05, 4.69) is 6.92 Å². The lowest BCUT2D eigenvalue weighted by atomic mass is 9.78. The second-order valence-electron chi connectivity index (χ2n) is 9.87. The first-order valence-corrected chi connectivity index (χ1v) is 12.8. The zero-order valence-electron chi connectivity index (χ0n) is 20.7. The fourth-order valence-corrected chi connectivity index (χ4v) is 5.07. The fraction of sp³-hybridized carbons (Fsp3) is 0.400. The van der Waals surface area contributed by atoms with Crippen LogP contribution in [0.15, 0.2) is 42.5 Å². The van der Waals surface area contributed by atoms with E-state index in [1.807, 2.05) is 0 Å². The summed E-state index contributed by atoms with van der Waals surface area (Å²) in [7, 11) is 0. The van der Waals surface area contributed by atoms with Gasteiger partial charge < -0.3 is 4.74 Å². The highest BCUT2D eigenvalue weighted by atomic mass is 19.2. The van der Waals surface area contributed by atoms with Gasteiger partial charge in [-0.3, -0.25) is 0 Å². The number of ether oxygens (including phenoxy) is 1. The molecule has 7 heteroatoms. The van der Waals surface area contributed by atoms with E-state index in [1.54, 1.807) is 6.07 Å². The van der Waals surface area contributed by atoms with Crippen LogP contribution in [0.5, 0.6) is 5.75 Å². The predicted octanol–water partition coefficient (Wildman–Crippen LogP) is 9.27. The Morgan fingerprint density at radius 1 is 0.730 bits per heavy atom. The first-order valence-electron chi connectivity index (χ1n) is 12.8. The number of hydrogen-bond acceptors (Lipinski definition) is 1. The smallest absolute Gasteiger partial charge is 0.194 e. The van der Waals surface area contributed by atoms with Crippen molar-refractivity contribution < 1.29 is 31.1 Å². The van der Waals surface area contributed by atoms with E-state index in [4.69, 9.17) is 4.74 Å². The molecule has 0 spiro atoms. The van der Waals surface area contributed by atoms with Gasteiger partial charge >= 0.3 is 0 Å². The lowest BCUT2D eigenvalue weighted by Crippen LogP contribution is -2.20. The van der Waals surface area contributed by atoms with Crippen LogP contribution in [0.25, 0.3) is 11.1 Å². The molecule has 0 amide bonds. The minimum atomic E-state index is -1.59. The van der Waals surface area contributed by atoms with E-state index >= 15 is 0 Å². The molecule has 1 saturated carbocycles. The van der Waals surface area contributed by atoms with Gasteiger partial charge in [0.15, 0.2) is 34.8 Å². The van der Waals surface area contributed by atoms with Crippen molar-refractivity contribution in [2.75, 3.05) is 6.61 Å². The molecule has 0 radical (unpaired) electrons. The third-order valence-electron chi connectivity index (χ3n) is 7.20. The second-order valence-corrected chi connectivity index (χ2v) is 9.87. The molecule has 0 N–H and O–H groups in total. The molecule has 1 aliphatic rings. The summed E-state index contributed by atoms with van der Waals surface area (Å²) >= 11 is 0. The van der Waals surface area contributed by atoms with Gasteiger partial charge in [0, 0.05) is 5.56 Å². The van der Waals surface area contributed by atoms with Crippen molar-refractivity contribution in [1.82, 2.24) is 0 Å². The molecule has 198 valence electrons. The van der Waals surface area contributed by atoms with Gasteiger partial charge in [-0.05, 0) is 97.4 Å². The molecular weight excluding hydrogens is 490 g/mol. The van der Waals surface area contributed by atoms with Crippen molar-refractivity contribution in [3.63, 3.8) is 0 Å². The standard InChI is InChI=1S/C30H30F6O/c1-2-3-4-5-19-12-27(34)30(28(35)13-19)37-17-18-6-8-20(9-7-18)21-10-11-23(24(31)14-21)22-15-25(32)29(36)26(33)16-22/h10-16,18,20H,2-9,17H2,1H3. The van der Waals surface area contributed by atoms with Gasteiger partial charge in [0.25, 0.3) is 0 Å². The van der Waals surface area contributed by atoms with Crippen molar-refractivity contribution in [3.8, 4) is 16.9 Å². The van der Waals surface area contributed by atoms with Gasteiger partial charge in [0.05, 0.1) is 6.61 Å². The highest BCUT2D eigenvalue weighted by Gasteiger charge is 2.25. The molecular formula is C30H30F6O. The highest BCUT2D eigenvalue weighted by Crippen LogP contribution is 2.38. The Bertz CT molecular complexity index is 1190. The number of unbranched alkanes of at least 4 members (excludes halogenated alkanes) is 2. The maximum absolute atomic E-state index is 14.8. The highest BCUT2D eigenvalue weighted by molar-refractivity contribution is 5.65. The van der Waals surface area contributed by atoms with E-state index in [9.17, 15) is 26.3 Å². The van der Waals surface area contributed by atoms with Crippen LogP contribution in [0.4, 0.5) is 26.3 Å². The maximum Gasteiger partial charge on any atom is 0.194 e. The van der Waals surface area contributed by atoms with E-state index in [0.29, 0.717) is 12.0 Å². The van der Waals surface area contributed by atoms with Crippen LogP contribution in [0.1, 0.15) is 68.9 Å². The number of rotatable bonds is 9. The van der Waals surface area contributed by atoms with Crippen molar-refractivity contribution in [1.29, 1.82) is 0 Å². The van der Waals surface area contributed by atoms with Gasteiger partial charge in [0.2, 0.25) is 0 Å². The van der Waals surface area contributed by atoms with Crippen LogP contribution in [0.3, 0.4) is 0 Å². The monoisotopic (exact) mass is 520 g/mol. The Balaban J connectivity index is 1.33. The molecule has 3 aromatic rings. The lowest BCUT2D eigenvalue weighted by molar-refractivity contribution is 0.188. The van der Waals surface area contributed by atoms with Gasteiger partial charge in [0.1, 0.15) is 5.82 Å². The van der Waals surface area contributed by atoms with E-state index in [1.165, 1.54) is 24.3 Å². The molecule has 1 aliphatic carbocycles. The Labute approximate surface area is 213 Å². The molecule has 4 rings (SSSR count). The Kier molecular flexibility index (Phi) is 8.83. The summed E-state index contributed by atoms with van der Waals surface area (Å²) in [5.74, 6) is -6.49. The Hall–Kier alpha value is -2.96. The Morgan fingerprint density at radius 3 is 1.97 bits per heavy atom. The van der Waals surface area contributed by atoms with Crippen LogP contribution in [0.2, 0.25) is 0 Å². The van der Waals surface area contributed by atoms with Gasteiger partial charge in [-0.15, -0.1) is 0 Å². The first kappa shape index (κ1) is 27.1. The quantitative estimate of drug-likeness (QED) is 0.155. The fourth-order valence-electron chi connectivity index (χ4n) is 5.07. The van der Waals surface area contributed by atoms with Crippen molar-refractivity contribution in [2.45, 2.75) is 64.2 Å². The molecule has 1 fully saturated rings. The topological polar surface area (TPSA) is 9.23 Å². The number of benzene rings is 3. The maximum atomic E-state index is 14.8. The lowest BCUT2D eigenvalue weighted by Gasteiger charge is -2.29. The number of hydrogen-bond donors (Lipinski definition) is 0. The summed E-state index contributed by atoms with van der Waals surface area (Å²) in [6.07, 6.45) is 6.55. The van der Waals surface area contributed by atoms with Crippen LogP contribution >= 0.6 is 0 Å². The van der Waals surface area contributed by atoms with Crippen LogP contribution in [0, 0.1) is 40.8 Å². The van der Waals surface area contributed by atoms with Crippen molar-refractivity contribution in [2.24, 2.45) is 5.92 Å². The molecule has 0 bridgehead atoms. The van der Waals surface area contributed by atoms with Gasteiger partial charge in [-0.1, -0.05) is 31.9 Å². The minimum Gasteiger partial charge on any atom is -0.487 e. The summed E-state index contributed by atoms with van der Waals surface area (Å²) in [5.41, 5.74) is 1.31. The van der Waals surface area contributed by atoms with Gasteiger partial charge in [-0.25, -0.2) is 26.3 Å². The molecule has 37 heavy (non-hydrogen) atoms. The van der Waals surface area contributed by atoms with Crippen molar-refractivity contribution >= 4 is 0 Å². The first-order chi connectivity index (χ1) is 17.8. The third-order valence-corrected chi connectivity index (χ3v) is 7.20.